The molecule has 0 aliphatic carbocycles. The van der Waals surface area contributed by atoms with E-state index in [4.69, 9.17) is 14.3 Å². The molecule has 0 unspecified atom stereocenters. The molecule has 26 heavy (non-hydrogen) atoms. The summed E-state index contributed by atoms with van der Waals surface area (Å²) in [6.07, 6.45) is -0.305. The van der Waals surface area contributed by atoms with Gasteiger partial charge in [0.15, 0.2) is 0 Å². The van der Waals surface area contributed by atoms with Crippen LogP contribution in [-0.4, -0.2) is 40.2 Å². The maximum absolute atomic E-state index is 10.5. The van der Waals surface area contributed by atoms with Crippen LogP contribution in [0.1, 0.15) is 11.1 Å². The third-order valence-corrected chi connectivity index (χ3v) is 5.04. The third-order valence-electron chi connectivity index (χ3n) is 4.17. The smallest absolute Gasteiger partial charge is 0.142 e. The van der Waals surface area contributed by atoms with Gasteiger partial charge in [-0.2, -0.15) is 0 Å². The van der Waals surface area contributed by atoms with Gasteiger partial charge >= 0.3 is 0 Å². The minimum atomic E-state index is -0.693. The van der Waals surface area contributed by atoms with Gasteiger partial charge in [-0.15, -0.1) is 0 Å². The Morgan fingerprint density at radius 1 is 1.00 bits per heavy atom. The van der Waals surface area contributed by atoms with E-state index in [1.165, 1.54) is 0 Å². The zero-order valence-electron chi connectivity index (χ0n) is 14.3. The van der Waals surface area contributed by atoms with Gasteiger partial charge in [-0.25, -0.2) is 0 Å². The molecule has 138 valence electrons. The first-order chi connectivity index (χ1) is 12.8. The van der Waals surface area contributed by atoms with E-state index in [0.29, 0.717) is 17.6 Å². The van der Waals surface area contributed by atoms with Gasteiger partial charge in [0, 0.05) is 4.43 Å². The summed E-state index contributed by atoms with van der Waals surface area (Å²) in [5.41, 5.74) is 2.09. The van der Waals surface area contributed by atoms with Crippen LogP contribution in [0.5, 0.6) is 0 Å². The lowest BCUT2D eigenvalue weighted by Crippen LogP contribution is -2.36. The van der Waals surface area contributed by atoms with Crippen molar-refractivity contribution in [1.29, 1.82) is 0 Å². The second-order valence-corrected chi connectivity index (χ2v) is 6.94. The lowest BCUT2D eigenvalue weighted by molar-refractivity contribution is -0.0311. The summed E-state index contributed by atoms with van der Waals surface area (Å²) >= 11 is 2.20. The van der Waals surface area contributed by atoms with Crippen molar-refractivity contribution in [3.8, 4) is 0 Å². The topological polar surface area (TPSA) is 60.3 Å². The fraction of sp³-hybridized carbons (Fsp3) is 0.350. The van der Waals surface area contributed by atoms with Crippen LogP contribution in [-0.2, 0) is 27.5 Å². The minimum Gasteiger partial charge on any atom is -0.391 e. The number of ether oxygens (including phenoxy) is 2. The average Bonchev–Trinajstić information content (AvgIpc) is 3.00. The molecule has 5 nitrogen and oxygen atoms in total. The van der Waals surface area contributed by atoms with E-state index in [9.17, 15) is 5.11 Å². The van der Waals surface area contributed by atoms with Gasteiger partial charge in [0.25, 0.3) is 0 Å². The third kappa shape index (κ3) is 5.26. The number of nitrogens with zero attached hydrogens (tertiary/aromatic N) is 1. The summed E-state index contributed by atoms with van der Waals surface area (Å²) in [5.74, 6) is 0. The fourth-order valence-corrected chi connectivity index (χ4v) is 3.49. The Labute approximate surface area is 167 Å². The first kappa shape index (κ1) is 19.3. The molecule has 0 amide bonds. The molecule has 1 N–H and O–H groups in total. The van der Waals surface area contributed by atoms with Crippen LogP contribution >= 0.6 is 22.6 Å². The van der Waals surface area contributed by atoms with Crippen LogP contribution < -0.4 is 0 Å². The number of benzene rings is 2. The van der Waals surface area contributed by atoms with Crippen molar-refractivity contribution in [2.24, 2.45) is 5.16 Å². The standard InChI is InChI=1S/C20H22INO4/c21-11-17-19(23)20(24-13-15-7-3-1-4-8-15)18(26-17)12-22-25-14-16-9-5-2-6-10-16/h1-10,12,17-20,23H,11,13-14H2/b22-12-/t17-,18+,19-,20-/m1/s1. The molecule has 1 fully saturated rings. The summed E-state index contributed by atoms with van der Waals surface area (Å²) in [4.78, 5) is 5.35. The molecule has 1 heterocycles. The highest BCUT2D eigenvalue weighted by atomic mass is 127. The number of hydrogen-bond acceptors (Lipinski definition) is 5. The molecule has 2 aromatic carbocycles. The highest BCUT2D eigenvalue weighted by Crippen LogP contribution is 2.25. The number of alkyl halides is 1. The Bertz CT molecular complexity index is 683. The number of aliphatic hydroxyl groups excluding tert-OH is 1. The zero-order valence-corrected chi connectivity index (χ0v) is 16.4. The molecule has 0 spiro atoms. The minimum absolute atomic E-state index is 0.276. The fourth-order valence-electron chi connectivity index (χ4n) is 2.76. The second kappa shape index (κ2) is 10.0. The van der Waals surface area contributed by atoms with Crippen LogP contribution in [0.3, 0.4) is 0 Å². The monoisotopic (exact) mass is 467 g/mol. The Morgan fingerprint density at radius 2 is 1.62 bits per heavy atom. The van der Waals surface area contributed by atoms with Gasteiger partial charge < -0.3 is 19.4 Å². The summed E-state index contributed by atoms with van der Waals surface area (Å²) in [5, 5.41) is 14.5. The van der Waals surface area contributed by atoms with Crippen molar-refractivity contribution in [2.45, 2.75) is 37.6 Å². The number of aliphatic hydroxyl groups is 1. The van der Waals surface area contributed by atoms with Gasteiger partial charge in [-0.3, -0.25) is 0 Å². The van der Waals surface area contributed by atoms with Gasteiger partial charge in [0.2, 0.25) is 0 Å². The molecule has 1 aliphatic heterocycles. The Morgan fingerprint density at radius 3 is 2.23 bits per heavy atom. The lowest BCUT2D eigenvalue weighted by Gasteiger charge is -2.18. The first-order valence-electron chi connectivity index (χ1n) is 8.52. The maximum atomic E-state index is 10.5. The highest BCUT2D eigenvalue weighted by molar-refractivity contribution is 14.1. The summed E-state index contributed by atoms with van der Waals surface area (Å²) in [6, 6.07) is 19.7. The highest BCUT2D eigenvalue weighted by Gasteiger charge is 2.43. The van der Waals surface area contributed by atoms with Crippen LogP contribution in [0.25, 0.3) is 0 Å². The Hall–Kier alpha value is -1.48. The van der Waals surface area contributed by atoms with Crippen molar-refractivity contribution in [3.63, 3.8) is 0 Å². The maximum Gasteiger partial charge on any atom is 0.142 e. The van der Waals surface area contributed by atoms with Crippen LogP contribution in [0.2, 0.25) is 0 Å². The van der Waals surface area contributed by atoms with E-state index < -0.39 is 18.3 Å². The molecule has 3 rings (SSSR count). The van der Waals surface area contributed by atoms with Crippen molar-refractivity contribution in [2.75, 3.05) is 4.43 Å². The van der Waals surface area contributed by atoms with Gasteiger partial charge in [0.05, 0.1) is 18.9 Å². The van der Waals surface area contributed by atoms with Gasteiger partial charge in [-0.05, 0) is 11.1 Å². The van der Waals surface area contributed by atoms with E-state index in [1.54, 1.807) is 6.21 Å². The van der Waals surface area contributed by atoms with Crippen molar-refractivity contribution in [3.05, 3.63) is 71.8 Å². The summed E-state index contributed by atoms with van der Waals surface area (Å²) in [6.45, 7) is 0.799. The lowest BCUT2D eigenvalue weighted by atomic mass is 10.1. The Kier molecular flexibility index (Phi) is 7.43. The predicted molar refractivity (Wildman–Crippen MR) is 108 cm³/mol. The molecule has 4 atom stereocenters. The number of rotatable bonds is 8. The second-order valence-electron chi connectivity index (χ2n) is 6.06. The largest absolute Gasteiger partial charge is 0.391 e. The van der Waals surface area contributed by atoms with Crippen molar-refractivity contribution in [1.82, 2.24) is 0 Å². The van der Waals surface area contributed by atoms with E-state index in [-0.39, 0.29) is 6.10 Å². The molecule has 1 aliphatic rings. The molecule has 0 saturated carbocycles. The zero-order chi connectivity index (χ0) is 18.2. The van der Waals surface area contributed by atoms with Gasteiger partial charge in [-0.1, -0.05) is 88.4 Å². The first-order valence-corrected chi connectivity index (χ1v) is 10.0. The van der Waals surface area contributed by atoms with Crippen molar-refractivity contribution < 1.29 is 19.4 Å². The molecule has 2 aromatic rings. The van der Waals surface area contributed by atoms with Gasteiger partial charge in [0.1, 0.15) is 24.9 Å². The molecular formula is C20H22INO4. The normalized spacial score (nSPS) is 25.6. The molecule has 0 radical (unpaired) electrons. The van der Waals surface area contributed by atoms with E-state index in [2.05, 4.69) is 27.7 Å². The van der Waals surface area contributed by atoms with E-state index in [1.807, 2.05) is 60.7 Å². The van der Waals surface area contributed by atoms with Crippen molar-refractivity contribution >= 4 is 28.8 Å². The van der Waals surface area contributed by atoms with E-state index >= 15 is 0 Å². The average molecular weight is 467 g/mol. The van der Waals surface area contributed by atoms with Crippen LogP contribution in [0.4, 0.5) is 0 Å². The molecular weight excluding hydrogens is 445 g/mol. The quantitative estimate of drug-likeness (QED) is 0.280. The number of oxime groups is 1. The van der Waals surface area contributed by atoms with E-state index in [0.717, 1.165) is 11.1 Å². The summed E-state index contributed by atoms with van der Waals surface area (Å²) in [7, 11) is 0. The molecule has 0 aromatic heterocycles. The predicted octanol–water partition coefficient (Wildman–Crippen LogP) is 3.34. The number of halogens is 1. The molecule has 0 bridgehead atoms. The molecule has 1 saturated heterocycles. The Balaban J connectivity index is 1.56. The SMILES string of the molecule is O[C@H]1[C@H](OCc2ccccc2)[C@H](/C=N\OCc2ccccc2)O[C@@H]1CI. The van der Waals surface area contributed by atoms with Crippen LogP contribution in [0.15, 0.2) is 65.8 Å². The summed E-state index contributed by atoms with van der Waals surface area (Å²) < 4.78 is 12.5. The van der Waals surface area contributed by atoms with Crippen LogP contribution in [0, 0.1) is 0 Å². The molecule has 6 heteroatoms. The number of hydrogen-bond donors (Lipinski definition) is 1.